The fourth-order valence-corrected chi connectivity index (χ4v) is 3.48. The van der Waals surface area contributed by atoms with Gasteiger partial charge in [0.15, 0.2) is 0 Å². The van der Waals surface area contributed by atoms with Gasteiger partial charge in [-0.15, -0.1) is 0 Å². The summed E-state index contributed by atoms with van der Waals surface area (Å²) in [5, 5.41) is 3.66. The summed E-state index contributed by atoms with van der Waals surface area (Å²) in [6.07, 6.45) is 6.93. The standard InChI is InChI=1S/C16H34N2/c1-6-11-17-12-16(9-7-8-10-16)14-18(5)13-15(2,3)4/h17H,6-14H2,1-5H3. The lowest BCUT2D eigenvalue weighted by atomic mass is 9.84. The van der Waals surface area contributed by atoms with E-state index in [1.54, 1.807) is 0 Å². The normalized spacial score (nSPS) is 19.7. The molecule has 1 aliphatic rings. The molecule has 0 unspecified atom stereocenters. The van der Waals surface area contributed by atoms with Crippen LogP contribution in [0.1, 0.15) is 59.8 Å². The molecular formula is C16H34N2. The Bertz CT molecular complexity index is 224. The summed E-state index contributed by atoms with van der Waals surface area (Å²) in [6.45, 7) is 14.1. The molecule has 1 fully saturated rings. The molecule has 0 saturated heterocycles. The summed E-state index contributed by atoms with van der Waals surface area (Å²) in [7, 11) is 2.30. The van der Waals surface area contributed by atoms with E-state index in [4.69, 9.17) is 0 Å². The van der Waals surface area contributed by atoms with E-state index in [1.807, 2.05) is 0 Å². The number of rotatable bonds is 7. The van der Waals surface area contributed by atoms with Crippen LogP contribution in [0.2, 0.25) is 0 Å². The number of nitrogens with one attached hydrogen (secondary N) is 1. The van der Waals surface area contributed by atoms with Gasteiger partial charge in [0.25, 0.3) is 0 Å². The van der Waals surface area contributed by atoms with E-state index >= 15 is 0 Å². The Morgan fingerprint density at radius 3 is 2.28 bits per heavy atom. The molecule has 2 nitrogen and oxygen atoms in total. The van der Waals surface area contributed by atoms with Crippen molar-refractivity contribution in [2.75, 3.05) is 33.2 Å². The zero-order chi connectivity index (χ0) is 13.6. The predicted molar refractivity (Wildman–Crippen MR) is 81.0 cm³/mol. The monoisotopic (exact) mass is 254 g/mol. The van der Waals surface area contributed by atoms with Gasteiger partial charge >= 0.3 is 0 Å². The molecule has 18 heavy (non-hydrogen) atoms. The van der Waals surface area contributed by atoms with Crippen molar-refractivity contribution in [2.45, 2.75) is 59.8 Å². The van der Waals surface area contributed by atoms with Crippen LogP contribution in [0.4, 0.5) is 0 Å². The molecule has 1 N–H and O–H groups in total. The second-order valence-electron chi connectivity index (χ2n) is 7.62. The quantitative estimate of drug-likeness (QED) is 0.699. The van der Waals surface area contributed by atoms with Crippen LogP contribution in [-0.2, 0) is 0 Å². The molecule has 108 valence electrons. The largest absolute Gasteiger partial charge is 0.316 e. The first-order chi connectivity index (χ1) is 8.37. The highest BCUT2D eigenvalue weighted by Gasteiger charge is 2.34. The highest BCUT2D eigenvalue weighted by atomic mass is 15.1. The van der Waals surface area contributed by atoms with Crippen LogP contribution in [0.3, 0.4) is 0 Å². The van der Waals surface area contributed by atoms with Crippen LogP contribution in [0, 0.1) is 10.8 Å². The second-order valence-corrected chi connectivity index (χ2v) is 7.62. The van der Waals surface area contributed by atoms with Gasteiger partial charge in [0.2, 0.25) is 0 Å². The molecule has 0 aliphatic heterocycles. The van der Waals surface area contributed by atoms with Crippen LogP contribution in [0.5, 0.6) is 0 Å². The highest BCUT2D eigenvalue weighted by molar-refractivity contribution is 4.89. The molecular weight excluding hydrogens is 220 g/mol. The van der Waals surface area contributed by atoms with E-state index < -0.39 is 0 Å². The minimum absolute atomic E-state index is 0.408. The molecule has 0 amide bonds. The van der Waals surface area contributed by atoms with Crippen molar-refractivity contribution < 1.29 is 0 Å². The van der Waals surface area contributed by atoms with E-state index in [0.29, 0.717) is 10.8 Å². The van der Waals surface area contributed by atoms with Gasteiger partial charge < -0.3 is 10.2 Å². The zero-order valence-electron chi connectivity index (χ0n) is 13.3. The van der Waals surface area contributed by atoms with Gasteiger partial charge in [-0.3, -0.25) is 0 Å². The van der Waals surface area contributed by atoms with Crippen molar-refractivity contribution in [2.24, 2.45) is 10.8 Å². The molecule has 1 rings (SSSR count). The number of nitrogens with zero attached hydrogens (tertiary/aromatic N) is 1. The third-order valence-electron chi connectivity index (χ3n) is 3.94. The van der Waals surface area contributed by atoms with E-state index in [9.17, 15) is 0 Å². The third-order valence-corrected chi connectivity index (χ3v) is 3.94. The number of hydrogen-bond acceptors (Lipinski definition) is 2. The van der Waals surface area contributed by atoms with Crippen molar-refractivity contribution in [3.05, 3.63) is 0 Å². The van der Waals surface area contributed by atoms with Gasteiger partial charge in [0.05, 0.1) is 0 Å². The Morgan fingerprint density at radius 1 is 1.17 bits per heavy atom. The first-order valence-electron chi connectivity index (χ1n) is 7.76. The molecule has 0 bridgehead atoms. The number of hydrogen-bond donors (Lipinski definition) is 1. The maximum atomic E-state index is 3.66. The SMILES string of the molecule is CCCNCC1(CN(C)CC(C)(C)C)CCCC1. The molecule has 0 spiro atoms. The summed E-state index contributed by atoms with van der Waals surface area (Å²) in [5.74, 6) is 0. The fraction of sp³-hybridized carbons (Fsp3) is 1.00. The van der Waals surface area contributed by atoms with Gasteiger partial charge in [0, 0.05) is 19.6 Å². The highest BCUT2D eigenvalue weighted by Crippen LogP contribution is 2.38. The maximum absolute atomic E-state index is 3.66. The molecule has 1 aliphatic carbocycles. The Kier molecular flexibility index (Phi) is 6.13. The van der Waals surface area contributed by atoms with Crippen molar-refractivity contribution in [1.82, 2.24) is 10.2 Å². The molecule has 0 atom stereocenters. The maximum Gasteiger partial charge on any atom is 0.00473 e. The molecule has 0 aromatic carbocycles. The lowest BCUT2D eigenvalue weighted by molar-refractivity contribution is 0.138. The average molecular weight is 254 g/mol. The van der Waals surface area contributed by atoms with Crippen LogP contribution in [-0.4, -0.2) is 38.1 Å². The first kappa shape index (κ1) is 16.0. The Labute approximate surface area is 115 Å². The average Bonchev–Trinajstić information content (AvgIpc) is 2.64. The Morgan fingerprint density at radius 2 is 1.78 bits per heavy atom. The molecule has 1 saturated carbocycles. The van der Waals surface area contributed by atoms with Gasteiger partial charge in [-0.05, 0) is 43.7 Å². The van der Waals surface area contributed by atoms with E-state index in [-0.39, 0.29) is 0 Å². The summed E-state index contributed by atoms with van der Waals surface area (Å²) < 4.78 is 0. The lowest BCUT2D eigenvalue weighted by Gasteiger charge is -2.36. The van der Waals surface area contributed by atoms with Gasteiger partial charge in [-0.1, -0.05) is 40.5 Å². The van der Waals surface area contributed by atoms with E-state index in [0.717, 1.165) is 0 Å². The topological polar surface area (TPSA) is 15.3 Å². The minimum Gasteiger partial charge on any atom is -0.316 e. The third kappa shape index (κ3) is 5.71. The molecule has 0 aromatic rings. The fourth-order valence-electron chi connectivity index (χ4n) is 3.48. The van der Waals surface area contributed by atoms with Gasteiger partial charge in [0.1, 0.15) is 0 Å². The zero-order valence-corrected chi connectivity index (χ0v) is 13.3. The minimum atomic E-state index is 0.408. The molecule has 0 radical (unpaired) electrons. The van der Waals surface area contributed by atoms with Crippen LogP contribution >= 0.6 is 0 Å². The van der Waals surface area contributed by atoms with E-state index in [1.165, 1.54) is 58.3 Å². The van der Waals surface area contributed by atoms with Crippen LogP contribution < -0.4 is 5.32 Å². The van der Waals surface area contributed by atoms with Crippen molar-refractivity contribution in [3.63, 3.8) is 0 Å². The van der Waals surface area contributed by atoms with Gasteiger partial charge in [-0.2, -0.15) is 0 Å². The predicted octanol–water partition coefficient (Wildman–Crippen LogP) is 3.52. The molecule has 0 aromatic heterocycles. The summed E-state index contributed by atoms with van der Waals surface area (Å²) >= 11 is 0. The lowest BCUT2D eigenvalue weighted by Crippen LogP contribution is -2.43. The summed E-state index contributed by atoms with van der Waals surface area (Å²) in [4.78, 5) is 2.55. The van der Waals surface area contributed by atoms with Crippen molar-refractivity contribution in [1.29, 1.82) is 0 Å². The summed E-state index contributed by atoms with van der Waals surface area (Å²) in [5.41, 5.74) is 0.959. The van der Waals surface area contributed by atoms with E-state index in [2.05, 4.69) is 45.0 Å². The Balaban J connectivity index is 2.46. The first-order valence-corrected chi connectivity index (χ1v) is 7.76. The summed E-state index contributed by atoms with van der Waals surface area (Å²) in [6, 6.07) is 0. The second kappa shape index (κ2) is 6.91. The van der Waals surface area contributed by atoms with Crippen molar-refractivity contribution >= 4 is 0 Å². The van der Waals surface area contributed by atoms with Crippen LogP contribution in [0.15, 0.2) is 0 Å². The molecule has 2 heteroatoms. The van der Waals surface area contributed by atoms with Gasteiger partial charge in [-0.25, -0.2) is 0 Å². The molecule has 0 heterocycles. The smallest absolute Gasteiger partial charge is 0.00473 e. The van der Waals surface area contributed by atoms with Crippen LogP contribution in [0.25, 0.3) is 0 Å². The van der Waals surface area contributed by atoms with Crippen molar-refractivity contribution in [3.8, 4) is 0 Å². The Hall–Kier alpha value is -0.0800.